The molecule has 1 atom stereocenters. The second-order valence-electron chi connectivity index (χ2n) is 7.68. The van der Waals surface area contributed by atoms with E-state index in [9.17, 15) is 22.8 Å². The van der Waals surface area contributed by atoms with Gasteiger partial charge >= 0.3 is 5.97 Å². The number of carbonyl (C=O) groups is 3. The van der Waals surface area contributed by atoms with E-state index in [1.165, 1.54) is 18.2 Å². The zero-order valence-electron chi connectivity index (χ0n) is 18.5. The van der Waals surface area contributed by atoms with Gasteiger partial charge in [0.15, 0.2) is 6.61 Å². The Bertz CT molecular complexity index is 1130. The maximum atomic E-state index is 13.0. The summed E-state index contributed by atoms with van der Waals surface area (Å²) in [4.78, 5) is 36.9. The van der Waals surface area contributed by atoms with Crippen LogP contribution in [0.4, 0.5) is 5.69 Å². The number of nitrogens with one attached hydrogen (secondary N) is 2. The highest BCUT2D eigenvalue weighted by Crippen LogP contribution is 2.27. The van der Waals surface area contributed by atoms with Gasteiger partial charge in [0, 0.05) is 24.3 Å². The molecule has 0 radical (unpaired) electrons. The first-order valence-electron chi connectivity index (χ1n) is 10.7. The summed E-state index contributed by atoms with van der Waals surface area (Å²) in [6.07, 6.45) is 0.837. The molecule has 0 spiro atoms. The number of amides is 2. The molecule has 2 amide bonds. The van der Waals surface area contributed by atoms with Crippen LogP contribution in [0, 0.1) is 6.92 Å². The molecule has 9 nitrogen and oxygen atoms in total. The average molecular weight is 474 g/mol. The largest absolute Gasteiger partial charge is 0.454 e. The third-order valence-corrected chi connectivity index (χ3v) is 7.12. The minimum atomic E-state index is -3.86. The van der Waals surface area contributed by atoms with Crippen molar-refractivity contribution in [3.8, 4) is 0 Å². The van der Waals surface area contributed by atoms with E-state index in [1.54, 1.807) is 37.3 Å². The Labute approximate surface area is 193 Å². The number of rotatable bonds is 8. The smallest absolute Gasteiger partial charge is 0.324 e. The van der Waals surface area contributed by atoms with E-state index in [0.29, 0.717) is 30.6 Å². The molecule has 0 saturated carbocycles. The second-order valence-corrected chi connectivity index (χ2v) is 9.57. The molecule has 1 aliphatic heterocycles. The summed E-state index contributed by atoms with van der Waals surface area (Å²) in [6, 6.07) is 11.8. The number of nitrogens with zero attached hydrogens (tertiary/aromatic N) is 1. The Kier molecular flexibility index (Phi) is 7.83. The normalized spacial score (nSPS) is 16.2. The minimum absolute atomic E-state index is 0.109. The van der Waals surface area contributed by atoms with Gasteiger partial charge in [-0.25, -0.2) is 8.42 Å². The maximum Gasteiger partial charge on any atom is 0.324 e. The van der Waals surface area contributed by atoms with Crippen molar-refractivity contribution in [2.45, 2.75) is 37.6 Å². The van der Waals surface area contributed by atoms with Crippen LogP contribution >= 0.6 is 0 Å². The number of hydrogen-bond donors (Lipinski definition) is 2. The number of aryl methyl sites for hydroxylation is 1. The number of benzene rings is 2. The molecule has 3 rings (SSSR count). The lowest BCUT2D eigenvalue weighted by Gasteiger charge is -2.22. The number of anilines is 1. The van der Waals surface area contributed by atoms with Crippen molar-refractivity contribution in [2.75, 3.05) is 25.0 Å². The first-order chi connectivity index (χ1) is 15.7. The van der Waals surface area contributed by atoms with E-state index in [2.05, 4.69) is 10.6 Å². The number of carbonyl (C=O) groups excluding carboxylic acids is 3. The van der Waals surface area contributed by atoms with Gasteiger partial charge in [-0.15, -0.1) is 0 Å². The average Bonchev–Trinajstić information content (AvgIpc) is 3.29. The van der Waals surface area contributed by atoms with Crippen LogP contribution in [0.15, 0.2) is 53.4 Å². The van der Waals surface area contributed by atoms with E-state index < -0.39 is 34.5 Å². The lowest BCUT2D eigenvalue weighted by molar-refractivity contribution is -0.150. The van der Waals surface area contributed by atoms with Crippen molar-refractivity contribution < 1.29 is 27.5 Å². The minimum Gasteiger partial charge on any atom is -0.454 e. The van der Waals surface area contributed by atoms with Crippen LogP contribution in [0.3, 0.4) is 0 Å². The molecule has 1 fully saturated rings. The van der Waals surface area contributed by atoms with E-state index in [-0.39, 0.29) is 17.3 Å². The van der Waals surface area contributed by atoms with Gasteiger partial charge in [-0.05, 0) is 57.0 Å². The molecule has 33 heavy (non-hydrogen) atoms. The van der Waals surface area contributed by atoms with E-state index in [1.807, 2.05) is 6.92 Å². The van der Waals surface area contributed by atoms with Crippen molar-refractivity contribution in [3.63, 3.8) is 0 Å². The zero-order chi connectivity index (χ0) is 24.0. The molecule has 2 N–H and O–H groups in total. The maximum absolute atomic E-state index is 13.0. The molecule has 0 aliphatic carbocycles. The summed E-state index contributed by atoms with van der Waals surface area (Å²) in [6.45, 7) is 3.76. The van der Waals surface area contributed by atoms with Gasteiger partial charge in [0.1, 0.15) is 6.04 Å². The Morgan fingerprint density at radius 1 is 1.12 bits per heavy atom. The van der Waals surface area contributed by atoms with Crippen LogP contribution < -0.4 is 10.6 Å². The molecule has 176 valence electrons. The Morgan fingerprint density at radius 2 is 1.85 bits per heavy atom. The van der Waals surface area contributed by atoms with Gasteiger partial charge in [-0.3, -0.25) is 14.4 Å². The highest BCUT2D eigenvalue weighted by atomic mass is 32.2. The highest BCUT2D eigenvalue weighted by Gasteiger charge is 2.40. The van der Waals surface area contributed by atoms with Gasteiger partial charge in [0.05, 0.1) is 4.90 Å². The lowest BCUT2D eigenvalue weighted by Crippen LogP contribution is -2.42. The summed E-state index contributed by atoms with van der Waals surface area (Å²) >= 11 is 0. The van der Waals surface area contributed by atoms with E-state index >= 15 is 0 Å². The Hall–Kier alpha value is -3.24. The fraction of sp³-hybridized carbons (Fsp3) is 0.348. The summed E-state index contributed by atoms with van der Waals surface area (Å²) in [7, 11) is -3.86. The summed E-state index contributed by atoms with van der Waals surface area (Å²) in [5.74, 6) is -1.63. The molecule has 0 aromatic heterocycles. The second kappa shape index (κ2) is 10.6. The third-order valence-electron chi connectivity index (χ3n) is 5.19. The highest BCUT2D eigenvalue weighted by molar-refractivity contribution is 7.89. The van der Waals surface area contributed by atoms with Crippen molar-refractivity contribution in [1.82, 2.24) is 9.62 Å². The lowest BCUT2D eigenvalue weighted by atomic mass is 10.2. The van der Waals surface area contributed by atoms with Crippen LogP contribution in [0.1, 0.15) is 35.7 Å². The van der Waals surface area contributed by atoms with Crippen LogP contribution in [0.25, 0.3) is 0 Å². The van der Waals surface area contributed by atoms with Gasteiger partial charge in [-0.2, -0.15) is 4.31 Å². The molecule has 1 saturated heterocycles. The monoisotopic (exact) mass is 473 g/mol. The van der Waals surface area contributed by atoms with Gasteiger partial charge in [0.2, 0.25) is 10.0 Å². The van der Waals surface area contributed by atoms with Crippen LogP contribution in [-0.2, 0) is 24.3 Å². The molecular formula is C23H27N3O6S. The number of ether oxygens (including phenoxy) is 1. The van der Waals surface area contributed by atoms with Gasteiger partial charge in [0.25, 0.3) is 11.8 Å². The summed E-state index contributed by atoms with van der Waals surface area (Å²) in [5.41, 5.74) is 1.69. The fourth-order valence-corrected chi connectivity index (χ4v) is 5.19. The molecule has 2 aromatic carbocycles. The SMILES string of the molecule is CCNC(=O)c1cccc(NC(=O)COC(=O)[C@@H]2CCCN2S(=O)(=O)c2ccc(C)cc2)c1. The van der Waals surface area contributed by atoms with Gasteiger partial charge in [-0.1, -0.05) is 23.8 Å². The van der Waals surface area contributed by atoms with Crippen LogP contribution in [-0.4, -0.2) is 56.2 Å². The molecular weight excluding hydrogens is 446 g/mol. The Morgan fingerprint density at radius 3 is 2.55 bits per heavy atom. The first kappa shape index (κ1) is 24.4. The van der Waals surface area contributed by atoms with Crippen molar-refractivity contribution in [3.05, 3.63) is 59.7 Å². The van der Waals surface area contributed by atoms with Gasteiger partial charge < -0.3 is 15.4 Å². The number of esters is 1. The third kappa shape index (κ3) is 5.96. The molecule has 0 unspecified atom stereocenters. The topological polar surface area (TPSA) is 122 Å². The standard InChI is InChI=1S/C23H27N3O6S/c1-3-24-22(28)17-6-4-7-18(14-17)25-21(27)15-32-23(29)20-8-5-13-26(20)33(30,31)19-11-9-16(2)10-12-19/h4,6-7,9-12,14,20H,3,5,8,13,15H2,1-2H3,(H,24,28)(H,25,27)/t20-/m0/s1. The van der Waals surface area contributed by atoms with Crippen LogP contribution in [0.2, 0.25) is 0 Å². The van der Waals surface area contributed by atoms with Crippen molar-refractivity contribution in [2.24, 2.45) is 0 Å². The number of sulfonamides is 1. The fourth-order valence-electron chi connectivity index (χ4n) is 3.54. The van der Waals surface area contributed by atoms with Crippen LogP contribution in [0.5, 0.6) is 0 Å². The molecule has 2 aromatic rings. The molecule has 0 bridgehead atoms. The Balaban J connectivity index is 1.60. The predicted octanol–water partition coefficient (Wildman–Crippen LogP) is 2.08. The van der Waals surface area contributed by atoms with E-state index in [0.717, 1.165) is 9.87 Å². The first-order valence-corrected chi connectivity index (χ1v) is 12.1. The van der Waals surface area contributed by atoms with E-state index in [4.69, 9.17) is 4.74 Å². The summed E-state index contributed by atoms with van der Waals surface area (Å²) in [5, 5.41) is 5.24. The number of hydrogen-bond acceptors (Lipinski definition) is 6. The predicted molar refractivity (Wildman–Crippen MR) is 122 cm³/mol. The van der Waals surface area contributed by atoms with Crippen molar-refractivity contribution in [1.29, 1.82) is 0 Å². The molecule has 10 heteroatoms. The van der Waals surface area contributed by atoms with Crippen molar-refractivity contribution >= 4 is 33.5 Å². The zero-order valence-corrected chi connectivity index (χ0v) is 19.4. The molecule has 1 aliphatic rings. The summed E-state index contributed by atoms with van der Waals surface area (Å²) < 4.78 is 32.2. The quantitative estimate of drug-likeness (QED) is 0.566. The molecule has 1 heterocycles.